The van der Waals surface area contributed by atoms with Gasteiger partial charge in [-0.05, 0) is 36.1 Å². The predicted octanol–water partition coefficient (Wildman–Crippen LogP) is 3.45. The Morgan fingerprint density at radius 3 is 1.93 bits per heavy atom. The van der Waals surface area contributed by atoms with Gasteiger partial charge in [0.15, 0.2) is 0 Å². The largest absolute Gasteiger partial charge is 0.313 e. The van der Waals surface area contributed by atoms with E-state index in [4.69, 9.17) is 0 Å². The fourth-order valence-corrected chi connectivity index (χ4v) is 2.36. The topological polar surface area (TPSA) is 12.0 Å². The lowest BCUT2D eigenvalue weighted by Crippen LogP contribution is -2.48. The Morgan fingerprint density at radius 1 is 0.929 bits per heavy atom. The molecule has 0 aromatic rings. The molecule has 1 N–H and O–H groups in total. The maximum absolute atomic E-state index is 3.66. The highest BCUT2D eigenvalue weighted by Crippen LogP contribution is 2.38. The van der Waals surface area contributed by atoms with E-state index in [1.807, 2.05) is 0 Å². The number of hydrogen-bond acceptors (Lipinski definition) is 1. The highest BCUT2D eigenvalue weighted by molar-refractivity contribution is 4.90. The molecular formula is C13H27N. The average Bonchev–Trinajstić information content (AvgIpc) is 2.01. The second kappa shape index (κ2) is 3.84. The van der Waals surface area contributed by atoms with Gasteiger partial charge in [0.2, 0.25) is 0 Å². The van der Waals surface area contributed by atoms with Crippen molar-refractivity contribution in [2.24, 2.45) is 16.7 Å². The molecule has 84 valence electrons. The van der Waals surface area contributed by atoms with Crippen molar-refractivity contribution < 1.29 is 0 Å². The zero-order chi connectivity index (χ0) is 11.0. The molecule has 1 rings (SSSR count). The van der Waals surface area contributed by atoms with E-state index in [1.54, 1.807) is 0 Å². The van der Waals surface area contributed by atoms with Crippen LogP contribution in [0.15, 0.2) is 0 Å². The van der Waals surface area contributed by atoms with Gasteiger partial charge in [-0.15, -0.1) is 0 Å². The van der Waals surface area contributed by atoms with E-state index in [1.165, 1.54) is 19.4 Å². The molecule has 1 saturated heterocycles. The number of rotatable bonds is 0. The minimum atomic E-state index is 0.407. The Balaban J connectivity index is 2.61. The molecule has 2 atom stereocenters. The minimum Gasteiger partial charge on any atom is -0.313 e. The summed E-state index contributed by atoms with van der Waals surface area (Å²) < 4.78 is 0. The molecule has 0 saturated carbocycles. The minimum absolute atomic E-state index is 0.407. The van der Waals surface area contributed by atoms with Crippen LogP contribution in [0.5, 0.6) is 0 Å². The summed E-state index contributed by atoms with van der Waals surface area (Å²) in [5.74, 6) is 0.882. The van der Waals surface area contributed by atoms with Crippen molar-refractivity contribution in [2.45, 2.75) is 60.4 Å². The van der Waals surface area contributed by atoms with Gasteiger partial charge >= 0.3 is 0 Å². The summed E-state index contributed by atoms with van der Waals surface area (Å²) in [6, 6.07) is 0.695. The van der Waals surface area contributed by atoms with Crippen molar-refractivity contribution in [3.05, 3.63) is 0 Å². The van der Waals surface area contributed by atoms with E-state index in [-0.39, 0.29) is 0 Å². The smallest absolute Gasteiger partial charge is 0.0118 e. The standard InChI is InChI=1S/C13H27N/c1-12(2,3)10-7-8-14-11(9-10)13(4,5)6/h10-11,14H,7-9H2,1-6H3/t10?,11-/m1/s1. The van der Waals surface area contributed by atoms with Crippen LogP contribution in [0.2, 0.25) is 0 Å². The van der Waals surface area contributed by atoms with E-state index in [9.17, 15) is 0 Å². The Kier molecular flexibility index (Phi) is 3.30. The van der Waals surface area contributed by atoms with Gasteiger partial charge in [-0.2, -0.15) is 0 Å². The maximum atomic E-state index is 3.66. The maximum Gasteiger partial charge on any atom is 0.0118 e. The first-order valence-corrected chi connectivity index (χ1v) is 5.94. The lowest BCUT2D eigenvalue weighted by Gasteiger charge is -2.43. The average molecular weight is 197 g/mol. The van der Waals surface area contributed by atoms with Crippen LogP contribution in [-0.2, 0) is 0 Å². The first-order chi connectivity index (χ1) is 6.21. The van der Waals surface area contributed by atoms with E-state index >= 15 is 0 Å². The van der Waals surface area contributed by atoms with E-state index in [0.29, 0.717) is 16.9 Å². The lowest BCUT2D eigenvalue weighted by atomic mass is 9.69. The second-order valence-corrected chi connectivity index (χ2v) is 6.96. The summed E-state index contributed by atoms with van der Waals surface area (Å²) in [5.41, 5.74) is 0.884. The number of hydrogen-bond donors (Lipinski definition) is 1. The van der Waals surface area contributed by atoms with Crippen LogP contribution in [0.1, 0.15) is 54.4 Å². The molecule has 0 amide bonds. The Morgan fingerprint density at radius 2 is 1.50 bits per heavy atom. The third-order valence-corrected chi connectivity index (χ3v) is 3.67. The number of piperidine rings is 1. The first-order valence-electron chi connectivity index (χ1n) is 5.94. The van der Waals surface area contributed by atoms with E-state index in [2.05, 4.69) is 46.9 Å². The summed E-state index contributed by atoms with van der Waals surface area (Å²) in [6.45, 7) is 15.4. The van der Waals surface area contributed by atoms with Crippen LogP contribution in [0.4, 0.5) is 0 Å². The van der Waals surface area contributed by atoms with Gasteiger partial charge in [-0.1, -0.05) is 41.5 Å². The zero-order valence-corrected chi connectivity index (χ0v) is 10.8. The molecule has 0 spiro atoms. The fourth-order valence-electron chi connectivity index (χ4n) is 2.36. The molecule has 1 heteroatoms. The Labute approximate surface area is 89.7 Å². The van der Waals surface area contributed by atoms with Gasteiger partial charge in [0.1, 0.15) is 0 Å². The van der Waals surface area contributed by atoms with Crippen molar-refractivity contribution in [1.29, 1.82) is 0 Å². The molecule has 1 unspecified atom stereocenters. The third kappa shape index (κ3) is 2.98. The van der Waals surface area contributed by atoms with Crippen LogP contribution >= 0.6 is 0 Å². The van der Waals surface area contributed by atoms with Gasteiger partial charge in [0, 0.05) is 6.04 Å². The number of nitrogens with one attached hydrogen (secondary N) is 1. The van der Waals surface area contributed by atoms with Gasteiger partial charge in [-0.25, -0.2) is 0 Å². The lowest BCUT2D eigenvalue weighted by molar-refractivity contribution is 0.114. The van der Waals surface area contributed by atoms with Crippen molar-refractivity contribution >= 4 is 0 Å². The molecule has 1 nitrogen and oxygen atoms in total. The Hall–Kier alpha value is -0.0400. The molecule has 0 aromatic heterocycles. The molecule has 1 fully saturated rings. The first kappa shape index (κ1) is 12.0. The van der Waals surface area contributed by atoms with Crippen LogP contribution < -0.4 is 5.32 Å². The molecule has 1 aliphatic rings. The molecule has 0 radical (unpaired) electrons. The fraction of sp³-hybridized carbons (Fsp3) is 1.00. The predicted molar refractivity (Wildman–Crippen MR) is 63.4 cm³/mol. The van der Waals surface area contributed by atoms with E-state index in [0.717, 1.165) is 5.92 Å². The summed E-state index contributed by atoms with van der Waals surface area (Å²) in [4.78, 5) is 0. The third-order valence-electron chi connectivity index (χ3n) is 3.67. The summed E-state index contributed by atoms with van der Waals surface area (Å²) in [5, 5.41) is 3.66. The second-order valence-electron chi connectivity index (χ2n) is 6.96. The van der Waals surface area contributed by atoms with Crippen molar-refractivity contribution in [3.63, 3.8) is 0 Å². The van der Waals surface area contributed by atoms with Crippen molar-refractivity contribution in [2.75, 3.05) is 6.54 Å². The van der Waals surface area contributed by atoms with Crippen LogP contribution in [-0.4, -0.2) is 12.6 Å². The normalized spacial score (nSPS) is 30.4. The van der Waals surface area contributed by atoms with Gasteiger partial charge in [0.05, 0.1) is 0 Å². The summed E-state index contributed by atoms with van der Waals surface area (Å²) in [7, 11) is 0. The van der Waals surface area contributed by atoms with Crippen LogP contribution in [0.25, 0.3) is 0 Å². The summed E-state index contributed by atoms with van der Waals surface area (Å²) in [6.07, 6.45) is 2.68. The molecular weight excluding hydrogens is 170 g/mol. The molecule has 14 heavy (non-hydrogen) atoms. The van der Waals surface area contributed by atoms with Crippen molar-refractivity contribution in [3.8, 4) is 0 Å². The monoisotopic (exact) mass is 197 g/mol. The molecule has 0 bridgehead atoms. The molecule has 1 aliphatic heterocycles. The highest BCUT2D eigenvalue weighted by Gasteiger charge is 2.35. The van der Waals surface area contributed by atoms with Crippen molar-refractivity contribution in [1.82, 2.24) is 5.32 Å². The van der Waals surface area contributed by atoms with Crippen LogP contribution in [0, 0.1) is 16.7 Å². The molecule has 1 heterocycles. The zero-order valence-electron chi connectivity index (χ0n) is 10.8. The van der Waals surface area contributed by atoms with Crippen LogP contribution in [0.3, 0.4) is 0 Å². The quantitative estimate of drug-likeness (QED) is 0.627. The molecule has 0 aliphatic carbocycles. The van der Waals surface area contributed by atoms with E-state index < -0.39 is 0 Å². The summed E-state index contributed by atoms with van der Waals surface area (Å²) >= 11 is 0. The SMILES string of the molecule is CC(C)(C)C1CCN[C@@H](C(C)(C)C)C1. The van der Waals surface area contributed by atoms with Gasteiger partial charge in [0.25, 0.3) is 0 Å². The van der Waals surface area contributed by atoms with Gasteiger partial charge < -0.3 is 5.32 Å². The highest BCUT2D eigenvalue weighted by atomic mass is 14.9. The molecule has 0 aromatic carbocycles. The van der Waals surface area contributed by atoms with Gasteiger partial charge in [-0.3, -0.25) is 0 Å². The Bertz CT molecular complexity index is 162.